The highest BCUT2D eigenvalue weighted by atomic mass is 35.5. The highest BCUT2D eigenvalue weighted by Crippen LogP contribution is 2.26. The van der Waals surface area contributed by atoms with Gasteiger partial charge in [-0.15, -0.1) is 11.6 Å². The van der Waals surface area contributed by atoms with Crippen LogP contribution in [-0.4, -0.2) is 12.0 Å². The lowest BCUT2D eigenvalue weighted by molar-refractivity contribution is 0.896. The van der Waals surface area contributed by atoms with Gasteiger partial charge in [-0.05, 0) is 23.3 Å². The number of nitrogens with zero attached hydrogens (tertiary/aromatic N) is 2. The maximum Gasteiger partial charge on any atom is 0.147 e. The molecule has 0 aliphatic carbocycles. The minimum Gasteiger partial charge on any atom is -0.354 e. The summed E-state index contributed by atoms with van der Waals surface area (Å²) in [6.45, 7) is 0.645. The summed E-state index contributed by atoms with van der Waals surface area (Å²) >= 11 is 18.1. The second kappa shape index (κ2) is 6.47. The van der Waals surface area contributed by atoms with Crippen molar-refractivity contribution in [3.63, 3.8) is 0 Å². The largest absolute Gasteiger partial charge is 0.354 e. The maximum absolute atomic E-state index is 6.21. The van der Waals surface area contributed by atoms with Crippen LogP contribution in [0.3, 0.4) is 0 Å². The summed E-state index contributed by atoms with van der Waals surface area (Å²) in [5.41, 5.74) is 1.94. The summed E-state index contributed by atoms with van der Waals surface area (Å²) in [4.78, 5) is 6.30. The minimum atomic E-state index is 0.404. The first kappa shape index (κ1) is 14.4. The van der Waals surface area contributed by atoms with Crippen molar-refractivity contribution in [2.45, 2.75) is 12.4 Å². The summed E-state index contributed by atoms with van der Waals surface area (Å²) in [6.07, 6.45) is 1.73. The molecule has 19 heavy (non-hydrogen) atoms. The van der Waals surface area contributed by atoms with E-state index in [1.807, 2.05) is 42.3 Å². The van der Waals surface area contributed by atoms with E-state index in [0.717, 1.165) is 22.0 Å². The SMILES string of the molecule is CN(Cc1ccccc1Cl)c1ncc(CCl)cc1Cl. The standard InChI is InChI=1S/C14H13Cl3N2/c1-19(9-11-4-2-3-5-12(11)16)14-13(17)6-10(7-15)8-18-14/h2-6,8H,7,9H2,1H3. The van der Waals surface area contributed by atoms with Crippen LogP contribution < -0.4 is 4.90 Å². The Morgan fingerprint density at radius 3 is 2.53 bits per heavy atom. The first-order valence-corrected chi connectivity index (χ1v) is 7.06. The molecule has 1 aromatic carbocycles. The first-order valence-electron chi connectivity index (χ1n) is 5.76. The third-order valence-corrected chi connectivity index (χ3v) is 3.72. The van der Waals surface area contributed by atoms with Gasteiger partial charge in [0.1, 0.15) is 5.82 Å². The molecule has 2 nitrogen and oxygen atoms in total. The van der Waals surface area contributed by atoms with E-state index in [4.69, 9.17) is 34.8 Å². The molecule has 0 aliphatic heterocycles. The molecule has 0 fully saturated rings. The number of anilines is 1. The predicted molar refractivity (Wildman–Crippen MR) is 82.4 cm³/mol. The molecule has 0 saturated heterocycles. The van der Waals surface area contributed by atoms with Gasteiger partial charge in [0.15, 0.2) is 0 Å². The van der Waals surface area contributed by atoms with Crippen LogP contribution in [0, 0.1) is 0 Å². The molecular weight excluding hydrogens is 303 g/mol. The van der Waals surface area contributed by atoms with Crippen molar-refractivity contribution in [2.75, 3.05) is 11.9 Å². The van der Waals surface area contributed by atoms with E-state index in [1.165, 1.54) is 0 Å². The zero-order chi connectivity index (χ0) is 13.8. The Balaban J connectivity index is 2.21. The van der Waals surface area contributed by atoms with E-state index < -0.39 is 0 Å². The third kappa shape index (κ3) is 3.53. The van der Waals surface area contributed by atoms with Crippen molar-refractivity contribution >= 4 is 40.6 Å². The van der Waals surface area contributed by atoms with E-state index in [9.17, 15) is 0 Å². The number of rotatable bonds is 4. The van der Waals surface area contributed by atoms with Crippen molar-refractivity contribution in [3.8, 4) is 0 Å². The second-order valence-corrected chi connectivity index (χ2v) is 5.31. The lowest BCUT2D eigenvalue weighted by Gasteiger charge is -2.20. The summed E-state index contributed by atoms with van der Waals surface area (Å²) in [5.74, 6) is 1.12. The molecule has 100 valence electrons. The zero-order valence-electron chi connectivity index (χ0n) is 10.4. The number of pyridine rings is 1. The molecule has 0 amide bonds. The smallest absolute Gasteiger partial charge is 0.147 e. The van der Waals surface area contributed by atoms with Gasteiger partial charge in [0.25, 0.3) is 0 Å². The quantitative estimate of drug-likeness (QED) is 0.756. The molecule has 0 N–H and O–H groups in total. The van der Waals surface area contributed by atoms with Gasteiger partial charge in [0.2, 0.25) is 0 Å². The van der Waals surface area contributed by atoms with Crippen molar-refractivity contribution in [2.24, 2.45) is 0 Å². The van der Waals surface area contributed by atoms with Gasteiger partial charge >= 0.3 is 0 Å². The Bertz CT molecular complexity index is 572. The number of halogens is 3. The minimum absolute atomic E-state index is 0.404. The molecule has 5 heteroatoms. The Hall–Kier alpha value is -0.960. The van der Waals surface area contributed by atoms with Crippen LogP contribution in [0.5, 0.6) is 0 Å². The molecule has 0 aliphatic rings. The van der Waals surface area contributed by atoms with E-state index in [1.54, 1.807) is 6.20 Å². The molecule has 0 unspecified atom stereocenters. The normalized spacial score (nSPS) is 10.5. The Morgan fingerprint density at radius 1 is 1.16 bits per heavy atom. The second-order valence-electron chi connectivity index (χ2n) is 4.23. The molecule has 0 spiro atoms. The number of hydrogen-bond acceptors (Lipinski definition) is 2. The average molecular weight is 316 g/mol. The van der Waals surface area contributed by atoms with Crippen LogP contribution in [0.15, 0.2) is 36.5 Å². The summed E-state index contributed by atoms with van der Waals surface area (Å²) in [7, 11) is 1.93. The van der Waals surface area contributed by atoms with E-state index in [2.05, 4.69) is 4.98 Å². The fraction of sp³-hybridized carbons (Fsp3) is 0.214. The van der Waals surface area contributed by atoms with Crippen LogP contribution in [-0.2, 0) is 12.4 Å². The zero-order valence-corrected chi connectivity index (χ0v) is 12.7. The molecular formula is C14H13Cl3N2. The van der Waals surface area contributed by atoms with Crippen molar-refractivity contribution in [1.82, 2.24) is 4.98 Å². The number of hydrogen-bond donors (Lipinski definition) is 0. The van der Waals surface area contributed by atoms with E-state index in [0.29, 0.717) is 17.4 Å². The Kier molecular flexibility index (Phi) is 4.92. The van der Waals surface area contributed by atoms with Gasteiger partial charge in [0.05, 0.1) is 5.02 Å². The predicted octanol–water partition coefficient (Wildman–Crippen LogP) is 4.76. The van der Waals surface area contributed by atoms with Crippen molar-refractivity contribution in [1.29, 1.82) is 0 Å². The molecule has 0 radical (unpaired) electrons. The molecule has 0 bridgehead atoms. The third-order valence-electron chi connectivity index (χ3n) is 2.76. The Morgan fingerprint density at radius 2 is 1.89 bits per heavy atom. The van der Waals surface area contributed by atoms with Crippen LogP contribution in [0.4, 0.5) is 5.82 Å². The highest BCUT2D eigenvalue weighted by Gasteiger charge is 2.10. The lowest BCUT2D eigenvalue weighted by Crippen LogP contribution is -2.18. The molecule has 1 heterocycles. The fourth-order valence-corrected chi connectivity index (χ4v) is 2.46. The van der Waals surface area contributed by atoms with E-state index >= 15 is 0 Å². The van der Waals surface area contributed by atoms with Crippen molar-refractivity contribution in [3.05, 3.63) is 57.7 Å². The fourth-order valence-electron chi connectivity index (χ4n) is 1.78. The van der Waals surface area contributed by atoms with Gasteiger partial charge in [-0.25, -0.2) is 4.98 Å². The summed E-state index contributed by atoms with van der Waals surface area (Å²) in [5, 5.41) is 1.33. The first-order chi connectivity index (χ1) is 9.11. The van der Waals surface area contributed by atoms with Gasteiger partial charge in [0, 0.05) is 30.7 Å². The lowest BCUT2D eigenvalue weighted by atomic mass is 10.2. The number of aromatic nitrogens is 1. The molecule has 2 aromatic rings. The van der Waals surface area contributed by atoms with Gasteiger partial charge < -0.3 is 4.90 Å². The van der Waals surface area contributed by atoms with Crippen LogP contribution in [0.25, 0.3) is 0 Å². The average Bonchev–Trinajstić information content (AvgIpc) is 2.41. The molecule has 1 aromatic heterocycles. The Labute approximate surface area is 127 Å². The maximum atomic E-state index is 6.21. The van der Waals surface area contributed by atoms with Gasteiger partial charge in [-0.3, -0.25) is 0 Å². The highest BCUT2D eigenvalue weighted by molar-refractivity contribution is 6.33. The number of benzene rings is 1. The van der Waals surface area contributed by atoms with Gasteiger partial charge in [-0.1, -0.05) is 41.4 Å². The van der Waals surface area contributed by atoms with Crippen LogP contribution in [0.1, 0.15) is 11.1 Å². The molecule has 0 atom stereocenters. The molecule has 2 rings (SSSR count). The monoisotopic (exact) mass is 314 g/mol. The summed E-state index contributed by atoms with van der Waals surface area (Å²) < 4.78 is 0. The molecule has 0 saturated carbocycles. The summed E-state index contributed by atoms with van der Waals surface area (Å²) in [6, 6.07) is 9.56. The topological polar surface area (TPSA) is 16.1 Å². The van der Waals surface area contributed by atoms with Crippen LogP contribution >= 0.6 is 34.8 Å². The van der Waals surface area contributed by atoms with Crippen LogP contribution in [0.2, 0.25) is 10.0 Å². The van der Waals surface area contributed by atoms with E-state index in [-0.39, 0.29) is 0 Å². The van der Waals surface area contributed by atoms with Crippen molar-refractivity contribution < 1.29 is 0 Å². The number of alkyl halides is 1. The van der Waals surface area contributed by atoms with Gasteiger partial charge in [-0.2, -0.15) is 0 Å².